The van der Waals surface area contributed by atoms with Gasteiger partial charge in [0.05, 0.1) is 37.1 Å². The normalized spacial score (nSPS) is 10.8. The monoisotopic (exact) mass is 416 g/mol. The first-order valence-electron chi connectivity index (χ1n) is 10.0. The highest BCUT2D eigenvalue weighted by Crippen LogP contribution is 2.34. The molecular formula is C24H24N4O3. The molecule has 4 rings (SSSR count). The number of pyridine rings is 1. The molecule has 0 fully saturated rings. The van der Waals surface area contributed by atoms with Gasteiger partial charge in [0.2, 0.25) is 0 Å². The van der Waals surface area contributed by atoms with Gasteiger partial charge in [0.1, 0.15) is 11.5 Å². The van der Waals surface area contributed by atoms with Crippen molar-refractivity contribution in [3.8, 4) is 22.8 Å². The molecule has 7 heteroatoms. The molecule has 4 aromatic rings. The maximum Gasteiger partial charge on any atom is 0.124 e. The number of methoxy groups -OCH3 is 2. The van der Waals surface area contributed by atoms with Crippen molar-refractivity contribution >= 4 is 22.4 Å². The number of rotatable bonds is 8. The van der Waals surface area contributed by atoms with Crippen molar-refractivity contribution in [2.45, 2.75) is 6.42 Å². The fourth-order valence-corrected chi connectivity index (χ4v) is 3.41. The van der Waals surface area contributed by atoms with Gasteiger partial charge < -0.3 is 19.5 Å². The summed E-state index contributed by atoms with van der Waals surface area (Å²) in [6, 6.07) is 15.5. The molecule has 7 nitrogen and oxygen atoms in total. The summed E-state index contributed by atoms with van der Waals surface area (Å²) in [5.74, 6) is 1.39. The van der Waals surface area contributed by atoms with Gasteiger partial charge in [-0.1, -0.05) is 0 Å². The Morgan fingerprint density at radius 2 is 1.71 bits per heavy atom. The smallest absolute Gasteiger partial charge is 0.124 e. The zero-order valence-electron chi connectivity index (χ0n) is 17.5. The van der Waals surface area contributed by atoms with Crippen molar-refractivity contribution in [3.63, 3.8) is 0 Å². The Bertz CT molecular complexity index is 1150. The Hall–Kier alpha value is -3.71. The van der Waals surface area contributed by atoms with E-state index in [-0.39, 0.29) is 6.61 Å². The molecule has 0 unspecified atom stereocenters. The number of hydrogen-bond acceptors (Lipinski definition) is 7. The van der Waals surface area contributed by atoms with E-state index in [0.29, 0.717) is 24.5 Å². The third kappa shape index (κ3) is 4.57. The first kappa shape index (κ1) is 20.6. The number of aromatic nitrogens is 3. The van der Waals surface area contributed by atoms with Crippen molar-refractivity contribution in [1.82, 2.24) is 15.0 Å². The Kier molecular flexibility index (Phi) is 6.24. The van der Waals surface area contributed by atoms with E-state index in [1.807, 2.05) is 48.5 Å². The van der Waals surface area contributed by atoms with Crippen molar-refractivity contribution in [2.24, 2.45) is 0 Å². The van der Waals surface area contributed by atoms with Gasteiger partial charge in [-0.25, -0.2) is 4.98 Å². The number of aliphatic hydroxyl groups excluding tert-OH is 1. The number of anilines is 2. The largest absolute Gasteiger partial charge is 0.497 e. The number of benzene rings is 2. The Morgan fingerprint density at radius 3 is 2.39 bits per heavy atom. The molecule has 0 aliphatic heterocycles. The molecule has 0 atom stereocenters. The summed E-state index contributed by atoms with van der Waals surface area (Å²) >= 11 is 0. The summed E-state index contributed by atoms with van der Waals surface area (Å²) < 4.78 is 10.9. The minimum atomic E-state index is 0.0934. The molecule has 0 saturated heterocycles. The van der Waals surface area contributed by atoms with Crippen molar-refractivity contribution < 1.29 is 14.6 Å². The predicted molar refractivity (Wildman–Crippen MR) is 121 cm³/mol. The van der Waals surface area contributed by atoms with Crippen LogP contribution in [-0.4, -0.2) is 47.4 Å². The third-order valence-electron chi connectivity index (χ3n) is 4.98. The van der Waals surface area contributed by atoms with Gasteiger partial charge in [0.15, 0.2) is 0 Å². The molecule has 2 aromatic heterocycles. The zero-order chi connectivity index (χ0) is 21.6. The van der Waals surface area contributed by atoms with Crippen LogP contribution in [0.1, 0.15) is 6.42 Å². The van der Waals surface area contributed by atoms with Gasteiger partial charge in [-0.2, -0.15) is 0 Å². The summed E-state index contributed by atoms with van der Waals surface area (Å²) in [7, 11) is 3.25. The molecule has 0 aliphatic carbocycles. The van der Waals surface area contributed by atoms with E-state index in [1.165, 1.54) is 0 Å². The van der Waals surface area contributed by atoms with Crippen molar-refractivity contribution in [3.05, 3.63) is 67.1 Å². The van der Waals surface area contributed by atoms with Crippen LogP contribution in [0.15, 0.2) is 67.1 Å². The molecule has 0 saturated carbocycles. The number of aliphatic hydroxyl groups is 1. The standard InChI is InChI=1S/C24H24N4O3/c1-30-20-11-19(12-21(14-20)31-2)28(9-4-10-29)18-6-7-22-23(13-18)27-24(16-26-22)17-5-3-8-25-15-17/h3,5-8,11-16,29H,4,9-10H2,1-2H3. The van der Waals surface area contributed by atoms with Gasteiger partial charge in [-0.3, -0.25) is 9.97 Å². The molecule has 1 N–H and O–H groups in total. The van der Waals surface area contributed by atoms with Crippen LogP contribution in [0.5, 0.6) is 11.5 Å². The van der Waals surface area contributed by atoms with Crippen LogP contribution in [0.3, 0.4) is 0 Å². The maximum absolute atomic E-state index is 9.44. The molecule has 2 aromatic carbocycles. The lowest BCUT2D eigenvalue weighted by Gasteiger charge is -2.26. The van der Waals surface area contributed by atoms with Crippen LogP contribution in [0.25, 0.3) is 22.3 Å². The minimum absolute atomic E-state index is 0.0934. The topological polar surface area (TPSA) is 80.6 Å². The van der Waals surface area contributed by atoms with Gasteiger partial charge in [-0.15, -0.1) is 0 Å². The lowest BCUT2D eigenvalue weighted by atomic mass is 10.1. The van der Waals surface area contributed by atoms with E-state index in [1.54, 1.807) is 32.8 Å². The van der Waals surface area contributed by atoms with Gasteiger partial charge in [-0.05, 0) is 36.8 Å². The summed E-state index contributed by atoms with van der Waals surface area (Å²) in [6.07, 6.45) is 5.88. The van der Waals surface area contributed by atoms with E-state index in [0.717, 1.165) is 33.7 Å². The van der Waals surface area contributed by atoms with Crippen molar-refractivity contribution in [1.29, 1.82) is 0 Å². The summed E-state index contributed by atoms with van der Waals surface area (Å²) in [5.41, 5.74) is 5.11. The third-order valence-corrected chi connectivity index (χ3v) is 4.98. The van der Waals surface area contributed by atoms with E-state index in [4.69, 9.17) is 14.5 Å². The highest BCUT2D eigenvalue weighted by molar-refractivity contribution is 5.82. The molecule has 2 heterocycles. The fourth-order valence-electron chi connectivity index (χ4n) is 3.41. The molecule has 158 valence electrons. The summed E-state index contributed by atoms with van der Waals surface area (Å²) in [4.78, 5) is 15.6. The van der Waals surface area contributed by atoms with Crippen LogP contribution in [0.4, 0.5) is 11.4 Å². The minimum Gasteiger partial charge on any atom is -0.497 e. The fraction of sp³-hybridized carbons (Fsp3) is 0.208. The highest BCUT2D eigenvalue weighted by Gasteiger charge is 2.14. The SMILES string of the molecule is COc1cc(OC)cc(N(CCCO)c2ccc3ncc(-c4cccnc4)nc3c2)c1. The Morgan fingerprint density at radius 1 is 0.903 bits per heavy atom. The second kappa shape index (κ2) is 9.40. The molecule has 0 bridgehead atoms. The van der Waals surface area contributed by atoms with E-state index in [9.17, 15) is 5.11 Å². The molecule has 0 aliphatic rings. The molecule has 0 radical (unpaired) electrons. The second-order valence-corrected chi connectivity index (χ2v) is 6.97. The van der Waals surface area contributed by atoms with Gasteiger partial charge >= 0.3 is 0 Å². The maximum atomic E-state index is 9.44. The van der Waals surface area contributed by atoms with Gasteiger partial charge in [0, 0.05) is 60.7 Å². The Labute approximate surface area is 180 Å². The van der Waals surface area contributed by atoms with E-state index in [2.05, 4.69) is 14.9 Å². The van der Waals surface area contributed by atoms with Crippen LogP contribution in [-0.2, 0) is 0 Å². The summed E-state index contributed by atoms with van der Waals surface area (Å²) in [5, 5.41) is 9.44. The first-order chi connectivity index (χ1) is 15.2. The second-order valence-electron chi connectivity index (χ2n) is 6.97. The molecule has 0 amide bonds. The van der Waals surface area contributed by atoms with Crippen LogP contribution < -0.4 is 14.4 Å². The zero-order valence-corrected chi connectivity index (χ0v) is 17.5. The lowest BCUT2D eigenvalue weighted by molar-refractivity contribution is 0.291. The number of hydrogen-bond donors (Lipinski definition) is 1. The molecular weight excluding hydrogens is 392 g/mol. The summed E-state index contributed by atoms with van der Waals surface area (Å²) in [6.45, 7) is 0.712. The predicted octanol–water partition coefficient (Wildman–Crippen LogP) is 4.23. The Balaban J connectivity index is 1.78. The molecule has 31 heavy (non-hydrogen) atoms. The van der Waals surface area contributed by atoms with E-state index >= 15 is 0 Å². The average molecular weight is 416 g/mol. The van der Waals surface area contributed by atoms with Crippen LogP contribution in [0.2, 0.25) is 0 Å². The van der Waals surface area contributed by atoms with Gasteiger partial charge in [0.25, 0.3) is 0 Å². The average Bonchev–Trinajstić information content (AvgIpc) is 2.84. The van der Waals surface area contributed by atoms with Crippen molar-refractivity contribution in [2.75, 3.05) is 32.3 Å². The molecule has 0 spiro atoms. The quantitative estimate of drug-likeness (QED) is 0.460. The number of fused-ring (bicyclic) bond motifs is 1. The van der Waals surface area contributed by atoms with Crippen LogP contribution >= 0.6 is 0 Å². The lowest BCUT2D eigenvalue weighted by Crippen LogP contribution is -2.19. The highest BCUT2D eigenvalue weighted by atomic mass is 16.5. The number of nitrogens with zero attached hydrogens (tertiary/aromatic N) is 4. The van der Waals surface area contributed by atoms with Crippen LogP contribution in [0, 0.1) is 0 Å². The first-order valence-corrected chi connectivity index (χ1v) is 10.0. The van der Waals surface area contributed by atoms with E-state index < -0.39 is 0 Å². The number of ether oxygens (including phenoxy) is 2.